The molecule has 6 nitrogen and oxygen atoms in total. The third kappa shape index (κ3) is 5.83. The standard InChI is InChI=1S/C19H28N4O2/c24-18(21-19(25)20-17-8-4-5-9-17)15-23-12-10-22(11-13-23)14-16-6-2-1-3-7-16/h1-3,6-7,17H,4-5,8-15H2,(H2,20,21,24,25). The number of piperazine rings is 1. The van der Waals surface area contributed by atoms with Crippen molar-refractivity contribution in [2.75, 3.05) is 32.7 Å². The Morgan fingerprint density at radius 1 is 0.960 bits per heavy atom. The first-order valence-corrected chi connectivity index (χ1v) is 9.28. The lowest BCUT2D eigenvalue weighted by Crippen LogP contribution is -2.51. The number of hydrogen-bond donors (Lipinski definition) is 2. The second-order valence-electron chi connectivity index (χ2n) is 7.04. The van der Waals surface area contributed by atoms with Crippen LogP contribution in [0.15, 0.2) is 30.3 Å². The zero-order valence-electron chi connectivity index (χ0n) is 14.7. The number of hydrogen-bond acceptors (Lipinski definition) is 4. The van der Waals surface area contributed by atoms with Crippen molar-refractivity contribution in [3.63, 3.8) is 0 Å². The van der Waals surface area contributed by atoms with E-state index in [1.54, 1.807) is 0 Å². The summed E-state index contributed by atoms with van der Waals surface area (Å²) in [4.78, 5) is 28.4. The van der Waals surface area contributed by atoms with Crippen molar-refractivity contribution >= 4 is 11.9 Å². The van der Waals surface area contributed by atoms with Gasteiger partial charge in [-0.15, -0.1) is 0 Å². The van der Waals surface area contributed by atoms with E-state index in [4.69, 9.17) is 0 Å². The van der Waals surface area contributed by atoms with Gasteiger partial charge in [0.1, 0.15) is 0 Å². The fourth-order valence-corrected chi connectivity index (χ4v) is 3.61. The van der Waals surface area contributed by atoms with E-state index in [0.717, 1.165) is 58.4 Å². The van der Waals surface area contributed by atoms with Crippen LogP contribution < -0.4 is 10.6 Å². The minimum absolute atomic E-state index is 0.216. The number of urea groups is 1. The number of nitrogens with one attached hydrogen (secondary N) is 2. The van der Waals surface area contributed by atoms with E-state index in [-0.39, 0.29) is 24.5 Å². The monoisotopic (exact) mass is 344 g/mol. The van der Waals surface area contributed by atoms with Gasteiger partial charge < -0.3 is 5.32 Å². The quantitative estimate of drug-likeness (QED) is 0.851. The second-order valence-corrected chi connectivity index (χ2v) is 7.04. The van der Waals surface area contributed by atoms with E-state index < -0.39 is 0 Å². The van der Waals surface area contributed by atoms with Gasteiger partial charge in [-0.3, -0.25) is 19.9 Å². The summed E-state index contributed by atoms with van der Waals surface area (Å²) in [6.07, 6.45) is 4.36. The van der Waals surface area contributed by atoms with E-state index in [0.29, 0.717) is 0 Å². The molecule has 6 heteroatoms. The molecule has 3 rings (SSSR count). The molecule has 0 atom stereocenters. The van der Waals surface area contributed by atoms with Gasteiger partial charge in [0.15, 0.2) is 0 Å². The molecule has 136 valence electrons. The van der Waals surface area contributed by atoms with Crippen LogP contribution in [0.1, 0.15) is 31.2 Å². The Hall–Kier alpha value is -1.92. The number of amides is 3. The molecule has 1 aromatic rings. The van der Waals surface area contributed by atoms with Crippen LogP contribution in [0, 0.1) is 0 Å². The number of carbonyl (C=O) groups excluding carboxylic acids is 2. The number of rotatable bonds is 5. The van der Waals surface area contributed by atoms with Gasteiger partial charge in [-0.1, -0.05) is 43.2 Å². The summed E-state index contributed by atoms with van der Waals surface area (Å²) in [5, 5.41) is 5.34. The maximum atomic E-state index is 12.0. The topological polar surface area (TPSA) is 64.7 Å². The minimum Gasteiger partial charge on any atom is -0.335 e. The van der Waals surface area contributed by atoms with Gasteiger partial charge in [-0.2, -0.15) is 0 Å². The van der Waals surface area contributed by atoms with Crippen molar-refractivity contribution in [2.24, 2.45) is 0 Å². The largest absolute Gasteiger partial charge is 0.335 e. The fourth-order valence-electron chi connectivity index (χ4n) is 3.61. The Bertz CT molecular complexity index is 564. The van der Waals surface area contributed by atoms with Crippen LogP contribution >= 0.6 is 0 Å². The van der Waals surface area contributed by atoms with Crippen LogP contribution in [-0.4, -0.2) is 60.5 Å². The molecule has 3 amide bonds. The van der Waals surface area contributed by atoms with Gasteiger partial charge in [0, 0.05) is 38.8 Å². The van der Waals surface area contributed by atoms with Gasteiger partial charge in [-0.05, 0) is 18.4 Å². The Kier molecular flexibility index (Phi) is 6.42. The van der Waals surface area contributed by atoms with Crippen LogP contribution in [-0.2, 0) is 11.3 Å². The molecule has 1 saturated heterocycles. The lowest BCUT2D eigenvalue weighted by atomic mass is 10.2. The van der Waals surface area contributed by atoms with Gasteiger partial charge in [-0.25, -0.2) is 4.79 Å². The van der Waals surface area contributed by atoms with Gasteiger partial charge >= 0.3 is 6.03 Å². The molecule has 1 aliphatic heterocycles. The van der Waals surface area contributed by atoms with Gasteiger partial charge in [0.05, 0.1) is 6.54 Å². The third-order valence-electron chi connectivity index (χ3n) is 5.02. The summed E-state index contributed by atoms with van der Waals surface area (Å²) in [7, 11) is 0. The summed E-state index contributed by atoms with van der Waals surface area (Å²) in [6, 6.07) is 10.3. The summed E-state index contributed by atoms with van der Waals surface area (Å²) in [5.74, 6) is -0.216. The molecule has 0 unspecified atom stereocenters. The lowest BCUT2D eigenvalue weighted by Gasteiger charge is -2.34. The Morgan fingerprint density at radius 3 is 2.28 bits per heavy atom. The molecule has 1 saturated carbocycles. The van der Waals surface area contributed by atoms with Gasteiger partial charge in [0.2, 0.25) is 5.91 Å². The normalized spacial score (nSPS) is 19.7. The Morgan fingerprint density at radius 2 is 1.60 bits per heavy atom. The van der Waals surface area contributed by atoms with Crippen LogP contribution in [0.5, 0.6) is 0 Å². The molecule has 2 fully saturated rings. The highest BCUT2D eigenvalue weighted by molar-refractivity contribution is 5.95. The zero-order chi connectivity index (χ0) is 17.5. The number of carbonyl (C=O) groups is 2. The first-order chi connectivity index (χ1) is 12.2. The lowest BCUT2D eigenvalue weighted by molar-refractivity contribution is -0.121. The predicted octanol–water partition coefficient (Wildman–Crippen LogP) is 1.57. The van der Waals surface area contributed by atoms with Crippen LogP contribution in [0.25, 0.3) is 0 Å². The minimum atomic E-state index is -0.348. The maximum Gasteiger partial charge on any atom is 0.321 e. The number of imide groups is 1. The summed E-state index contributed by atoms with van der Waals surface area (Å²) >= 11 is 0. The maximum absolute atomic E-state index is 12.0. The highest BCUT2D eigenvalue weighted by atomic mass is 16.2. The van der Waals surface area contributed by atoms with Crippen molar-refractivity contribution in [2.45, 2.75) is 38.3 Å². The van der Waals surface area contributed by atoms with Crippen molar-refractivity contribution in [3.05, 3.63) is 35.9 Å². The molecular weight excluding hydrogens is 316 g/mol. The highest BCUT2D eigenvalue weighted by Crippen LogP contribution is 2.17. The molecule has 0 radical (unpaired) electrons. The van der Waals surface area contributed by atoms with Crippen LogP contribution in [0.3, 0.4) is 0 Å². The Labute approximate surface area is 149 Å². The number of nitrogens with zero attached hydrogens (tertiary/aromatic N) is 2. The molecule has 0 aromatic heterocycles. The Balaban J connectivity index is 1.34. The van der Waals surface area contributed by atoms with Crippen LogP contribution in [0.4, 0.5) is 4.79 Å². The summed E-state index contributed by atoms with van der Waals surface area (Å²) in [5.41, 5.74) is 1.32. The molecule has 2 N–H and O–H groups in total. The van der Waals surface area contributed by atoms with Crippen molar-refractivity contribution < 1.29 is 9.59 Å². The molecule has 25 heavy (non-hydrogen) atoms. The van der Waals surface area contributed by atoms with Crippen molar-refractivity contribution in [1.82, 2.24) is 20.4 Å². The summed E-state index contributed by atoms with van der Waals surface area (Å²) in [6.45, 7) is 4.82. The van der Waals surface area contributed by atoms with Crippen molar-refractivity contribution in [1.29, 1.82) is 0 Å². The first kappa shape index (κ1) is 17.9. The van der Waals surface area contributed by atoms with E-state index in [9.17, 15) is 9.59 Å². The predicted molar refractivity (Wildman–Crippen MR) is 97.1 cm³/mol. The fraction of sp³-hybridized carbons (Fsp3) is 0.579. The summed E-state index contributed by atoms with van der Waals surface area (Å²) < 4.78 is 0. The van der Waals surface area contributed by atoms with E-state index in [2.05, 4.69) is 44.7 Å². The van der Waals surface area contributed by atoms with E-state index >= 15 is 0 Å². The van der Waals surface area contributed by atoms with Gasteiger partial charge in [0.25, 0.3) is 0 Å². The molecule has 0 bridgehead atoms. The molecule has 1 heterocycles. The second kappa shape index (κ2) is 8.97. The number of benzene rings is 1. The van der Waals surface area contributed by atoms with Crippen molar-refractivity contribution in [3.8, 4) is 0 Å². The molecule has 1 aromatic carbocycles. The average Bonchev–Trinajstić information content (AvgIpc) is 3.10. The molecule has 1 aliphatic carbocycles. The molecular formula is C19H28N4O2. The SMILES string of the molecule is O=C(CN1CCN(Cc2ccccc2)CC1)NC(=O)NC1CCCC1. The molecule has 2 aliphatic rings. The van der Waals surface area contributed by atoms with E-state index in [1.807, 2.05) is 6.07 Å². The molecule has 0 spiro atoms. The van der Waals surface area contributed by atoms with Crippen LogP contribution in [0.2, 0.25) is 0 Å². The zero-order valence-corrected chi connectivity index (χ0v) is 14.7. The average molecular weight is 344 g/mol. The van der Waals surface area contributed by atoms with E-state index in [1.165, 1.54) is 5.56 Å². The smallest absolute Gasteiger partial charge is 0.321 e. The highest BCUT2D eigenvalue weighted by Gasteiger charge is 2.21. The third-order valence-corrected chi connectivity index (χ3v) is 5.02. The first-order valence-electron chi connectivity index (χ1n) is 9.28.